The quantitative estimate of drug-likeness (QED) is 0.665. The van der Waals surface area contributed by atoms with E-state index in [0.717, 1.165) is 17.5 Å². The van der Waals surface area contributed by atoms with Gasteiger partial charge in [0.2, 0.25) is 0 Å². The predicted molar refractivity (Wildman–Crippen MR) is 51.8 cm³/mol. The van der Waals surface area contributed by atoms with Gasteiger partial charge < -0.3 is 0 Å². The van der Waals surface area contributed by atoms with E-state index in [1.807, 2.05) is 18.2 Å². The Balaban J connectivity index is 2.62. The van der Waals surface area contributed by atoms with Crippen molar-refractivity contribution >= 4 is 6.29 Å². The molecule has 4 heteroatoms. The smallest absolute Gasteiger partial charge is 0.150 e. The zero-order valence-corrected chi connectivity index (χ0v) is 7.71. The van der Waals surface area contributed by atoms with Crippen LogP contribution in [0.5, 0.6) is 0 Å². The first-order valence-corrected chi connectivity index (χ1v) is 4.22. The monoisotopic (exact) mass is 187 g/mol. The van der Waals surface area contributed by atoms with Gasteiger partial charge in [-0.25, -0.2) is 4.68 Å². The van der Waals surface area contributed by atoms with E-state index >= 15 is 0 Å². The Morgan fingerprint density at radius 2 is 2.14 bits per heavy atom. The molecule has 0 aliphatic carbocycles. The Bertz CT molecular complexity index is 462. The summed E-state index contributed by atoms with van der Waals surface area (Å²) in [6.07, 6.45) is 2.48. The molecule has 0 atom stereocenters. The summed E-state index contributed by atoms with van der Waals surface area (Å²) in [5.41, 5.74) is 2.35. The van der Waals surface area contributed by atoms with Crippen LogP contribution < -0.4 is 0 Å². The zero-order valence-electron chi connectivity index (χ0n) is 7.71. The van der Waals surface area contributed by atoms with Crippen molar-refractivity contribution in [3.63, 3.8) is 0 Å². The average Bonchev–Trinajstić information content (AvgIpc) is 2.64. The van der Waals surface area contributed by atoms with Crippen LogP contribution in [0.15, 0.2) is 30.5 Å². The van der Waals surface area contributed by atoms with Crippen LogP contribution >= 0.6 is 0 Å². The van der Waals surface area contributed by atoms with Gasteiger partial charge in [0, 0.05) is 18.2 Å². The molecule has 0 saturated carbocycles. The lowest BCUT2D eigenvalue weighted by molar-refractivity contribution is 0.112. The van der Waals surface area contributed by atoms with Crippen LogP contribution in [-0.2, 0) is 7.05 Å². The minimum Gasteiger partial charge on any atom is -0.298 e. The van der Waals surface area contributed by atoms with Gasteiger partial charge in [-0.15, -0.1) is 5.10 Å². The van der Waals surface area contributed by atoms with Gasteiger partial charge >= 0.3 is 0 Å². The number of rotatable bonds is 2. The fourth-order valence-corrected chi connectivity index (χ4v) is 1.37. The van der Waals surface area contributed by atoms with E-state index in [2.05, 4.69) is 10.3 Å². The SMILES string of the molecule is Cn1nncc1-c1ccccc1C=O. The highest BCUT2D eigenvalue weighted by molar-refractivity contribution is 5.86. The van der Waals surface area contributed by atoms with E-state index in [9.17, 15) is 4.79 Å². The summed E-state index contributed by atoms with van der Waals surface area (Å²) in [7, 11) is 1.80. The third-order valence-corrected chi connectivity index (χ3v) is 2.08. The van der Waals surface area contributed by atoms with Crippen LogP contribution in [0.25, 0.3) is 11.3 Å². The lowest BCUT2D eigenvalue weighted by Gasteiger charge is -2.02. The molecule has 1 aromatic carbocycles. The van der Waals surface area contributed by atoms with E-state index in [0.29, 0.717) is 5.56 Å². The fraction of sp³-hybridized carbons (Fsp3) is 0.100. The van der Waals surface area contributed by atoms with Crippen molar-refractivity contribution < 1.29 is 4.79 Å². The summed E-state index contributed by atoms with van der Waals surface area (Å²) in [5.74, 6) is 0. The molecule has 2 aromatic rings. The fourth-order valence-electron chi connectivity index (χ4n) is 1.37. The molecular weight excluding hydrogens is 178 g/mol. The van der Waals surface area contributed by atoms with E-state index in [4.69, 9.17) is 0 Å². The number of hydrogen-bond donors (Lipinski definition) is 0. The molecule has 0 spiro atoms. The molecule has 2 rings (SSSR count). The number of carbonyl (C=O) groups is 1. The Labute approximate surface area is 81.2 Å². The third kappa shape index (κ3) is 1.31. The normalized spacial score (nSPS) is 10.1. The van der Waals surface area contributed by atoms with Gasteiger partial charge in [0.15, 0.2) is 6.29 Å². The molecule has 1 aromatic heterocycles. The molecule has 0 saturated heterocycles. The van der Waals surface area contributed by atoms with Crippen LogP contribution in [0.4, 0.5) is 0 Å². The molecule has 70 valence electrons. The number of aldehydes is 1. The molecule has 0 amide bonds. The van der Waals surface area contributed by atoms with Crippen molar-refractivity contribution in [2.75, 3.05) is 0 Å². The Kier molecular flexibility index (Phi) is 2.10. The molecule has 0 aliphatic heterocycles. The van der Waals surface area contributed by atoms with E-state index in [-0.39, 0.29) is 0 Å². The maximum Gasteiger partial charge on any atom is 0.150 e. The second-order valence-corrected chi connectivity index (χ2v) is 2.95. The maximum absolute atomic E-state index is 10.8. The molecule has 0 N–H and O–H groups in total. The molecule has 0 fully saturated rings. The van der Waals surface area contributed by atoms with Crippen LogP contribution in [0.3, 0.4) is 0 Å². The highest BCUT2D eigenvalue weighted by atomic mass is 16.1. The summed E-state index contributed by atoms with van der Waals surface area (Å²) >= 11 is 0. The second kappa shape index (κ2) is 3.41. The summed E-state index contributed by atoms with van der Waals surface area (Å²) < 4.78 is 1.64. The Hall–Kier alpha value is -1.97. The van der Waals surface area contributed by atoms with E-state index in [1.165, 1.54) is 0 Å². The van der Waals surface area contributed by atoms with Crippen LogP contribution in [-0.4, -0.2) is 21.3 Å². The van der Waals surface area contributed by atoms with Gasteiger partial charge in [-0.1, -0.05) is 29.5 Å². The first-order chi connectivity index (χ1) is 6.83. The van der Waals surface area contributed by atoms with Gasteiger partial charge in [-0.05, 0) is 0 Å². The van der Waals surface area contributed by atoms with Gasteiger partial charge in [0.05, 0.1) is 11.9 Å². The highest BCUT2D eigenvalue weighted by Gasteiger charge is 2.07. The van der Waals surface area contributed by atoms with Crippen molar-refractivity contribution in [1.82, 2.24) is 15.0 Å². The van der Waals surface area contributed by atoms with Crippen molar-refractivity contribution in [3.8, 4) is 11.3 Å². The lowest BCUT2D eigenvalue weighted by atomic mass is 10.1. The van der Waals surface area contributed by atoms with Crippen LogP contribution in [0.2, 0.25) is 0 Å². The maximum atomic E-state index is 10.8. The molecule has 4 nitrogen and oxygen atoms in total. The first kappa shape index (κ1) is 8.62. The Morgan fingerprint density at radius 1 is 1.36 bits per heavy atom. The van der Waals surface area contributed by atoms with Gasteiger partial charge in [0.25, 0.3) is 0 Å². The van der Waals surface area contributed by atoms with Gasteiger partial charge in [-0.3, -0.25) is 4.79 Å². The topological polar surface area (TPSA) is 47.8 Å². The van der Waals surface area contributed by atoms with Crippen molar-refractivity contribution in [2.24, 2.45) is 7.05 Å². The molecule has 0 unspecified atom stereocenters. The molecule has 0 aliphatic rings. The highest BCUT2D eigenvalue weighted by Crippen LogP contribution is 2.20. The van der Waals surface area contributed by atoms with Gasteiger partial charge in [0.1, 0.15) is 0 Å². The summed E-state index contributed by atoms with van der Waals surface area (Å²) in [5, 5.41) is 7.59. The minimum atomic E-state index is 0.651. The molecule has 0 radical (unpaired) electrons. The number of benzene rings is 1. The summed E-state index contributed by atoms with van der Waals surface area (Å²) in [6.45, 7) is 0. The standard InChI is InChI=1S/C10H9N3O/c1-13-10(6-11-12-13)9-5-3-2-4-8(9)7-14/h2-7H,1H3. The molecule has 14 heavy (non-hydrogen) atoms. The van der Waals surface area contributed by atoms with Crippen LogP contribution in [0, 0.1) is 0 Å². The molecule has 1 heterocycles. The van der Waals surface area contributed by atoms with Crippen molar-refractivity contribution in [3.05, 3.63) is 36.0 Å². The Morgan fingerprint density at radius 3 is 2.79 bits per heavy atom. The number of carbonyl (C=O) groups excluding carboxylic acids is 1. The molecule has 0 bridgehead atoms. The second-order valence-electron chi connectivity index (χ2n) is 2.95. The van der Waals surface area contributed by atoms with Crippen LogP contribution in [0.1, 0.15) is 10.4 Å². The summed E-state index contributed by atoms with van der Waals surface area (Å²) in [4.78, 5) is 10.8. The zero-order chi connectivity index (χ0) is 9.97. The van der Waals surface area contributed by atoms with E-state index < -0.39 is 0 Å². The van der Waals surface area contributed by atoms with Crippen molar-refractivity contribution in [2.45, 2.75) is 0 Å². The minimum absolute atomic E-state index is 0.651. The van der Waals surface area contributed by atoms with Gasteiger partial charge in [-0.2, -0.15) is 0 Å². The molecular formula is C10H9N3O. The average molecular weight is 187 g/mol. The number of hydrogen-bond acceptors (Lipinski definition) is 3. The predicted octanol–water partition coefficient (Wildman–Crippen LogP) is 1.29. The number of nitrogens with zero attached hydrogens (tertiary/aromatic N) is 3. The first-order valence-electron chi connectivity index (χ1n) is 4.22. The van der Waals surface area contributed by atoms with Crippen molar-refractivity contribution in [1.29, 1.82) is 0 Å². The third-order valence-electron chi connectivity index (χ3n) is 2.08. The largest absolute Gasteiger partial charge is 0.298 e. The summed E-state index contributed by atoms with van der Waals surface area (Å²) in [6, 6.07) is 7.37. The number of aromatic nitrogens is 3. The number of aryl methyl sites for hydroxylation is 1. The van der Waals surface area contributed by atoms with E-state index in [1.54, 1.807) is 24.0 Å². The lowest BCUT2D eigenvalue weighted by Crippen LogP contribution is -1.96.